The summed E-state index contributed by atoms with van der Waals surface area (Å²) in [4.78, 5) is 10.0. The first-order chi connectivity index (χ1) is 4.68. The Morgan fingerprint density at radius 1 is 1.70 bits per heavy atom. The minimum atomic E-state index is -0.948. The molecule has 0 aliphatic rings. The molecule has 3 nitrogen and oxygen atoms in total. The second-order valence-corrected chi connectivity index (χ2v) is 2.38. The lowest BCUT2D eigenvalue weighted by molar-refractivity contribution is -0.115. The Hall–Kier alpha value is -0.410. The van der Waals surface area contributed by atoms with Gasteiger partial charge in [-0.3, -0.25) is 0 Å². The van der Waals surface area contributed by atoms with E-state index in [1.807, 2.05) is 6.92 Å². The number of rotatable bonds is 5. The van der Waals surface area contributed by atoms with Gasteiger partial charge in [0.05, 0.1) is 12.2 Å². The first-order valence-electron chi connectivity index (χ1n) is 3.33. The first-order valence-corrected chi connectivity index (χ1v) is 3.33. The third-order valence-electron chi connectivity index (χ3n) is 1.53. The number of carbonyl (C=O) groups is 1. The number of carbonyl (C=O) groups excluding carboxylic acids is 1. The van der Waals surface area contributed by atoms with Gasteiger partial charge in [-0.25, -0.2) is 0 Å². The summed E-state index contributed by atoms with van der Waals surface area (Å²) < 4.78 is 4.74. The lowest BCUT2D eigenvalue weighted by Gasteiger charge is -2.22. The van der Waals surface area contributed by atoms with Crippen molar-refractivity contribution in [3.8, 4) is 0 Å². The third-order valence-corrected chi connectivity index (χ3v) is 1.53. The molecule has 0 aromatic heterocycles. The topological polar surface area (TPSA) is 46.5 Å². The van der Waals surface area contributed by atoms with Crippen LogP contribution >= 0.6 is 0 Å². The monoisotopic (exact) mass is 146 g/mol. The Labute approximate surface area is 61.0 Å². The van der Waals surface area contributed by atoms with Gasteiger partial charge in [-0.05, 0) is 6.42 Å². The molecular weight excluding hydrogens is 132 g/mol. The molecular formula is C7H14O3. The molecule has 0 heterocycles. The fourth-order valence-corrected chi connectivity index (χ4v) is 0.729. The summed E-state index contributed by atoms with van der Waals surface area (Å²) in [5.41, 5.74) is -0.948. The Bertz CT molecular complexity index is 103. The highest BCUT2D eigenvalue weighted by atomic mass is 16.5. The number of aliphatic hydroxyl groups is 1. The molecule has 1 N–H and O–H groups in total. The van der Waals surface area contributed by atoms with E-state index in [-0.39, 0.29) is 13.0 Å². The molecule has 1 unspecified atom stereocenters. The molecule has 0 rings (SSSR count). The van der Waals surface area contributed by atoms with E-state index in [4.69, 9.17) is 4.74 Å². The van der Waals surface area contributed by atoms with Crippen molar-refractivity contribution in [3.05, 3.63) is 0 Å². The van der Waals surface area contributed by atoms with Gasteiger partial charge in [0.25, 0.3) is 0 Å². The van der Waals surface area contributed by atoms with Crippen LogP contribution in [0.5, 0.6) is 0 Å². The molecule has 10 heavy (non-hydrogen) atoms. The summed E-state index contributed by atoms with van der Waals surface area (Å²) in [6.07, 6.45) is 1.40. The van der Waals surface area contributed by atoms with E-state index in [0.29, 0.717) is 12.7 Å². The van der Waals surface area contributed by atoms with Gasteiger partial charge in [0, 0.05) is 13.5 Å². The summed E-state index contributed by atoms with van der Waals surface area (Å²) in [6.45, 7) is 2.05. The Balaban J connectivity index is 3.80. The van der Waals surface area contributed by atoms with Crippen LogP contribution in [0.2, 0.25) is 0 Å². The number of hydrogen-bond donors (Lipinski definition) is 1. The molecule has 0 aromatic carbocycles. The van der Waals surface area contributed by atoms with Gasteiger partial charge < -0.3 is 14.6 Å². The van der Waals surface area contributed by atoms with E-state index in [9.17, 15) is 9.90 Å². The standard InChI is InChI=1S/C7H14O3/c1-3-7(9,4-5-8)6-10-2/h5,9H,3-4,6H2,1-2H3. The van der Waals surface area contributed by atoms with Crippen molar-refractivity contribution in [2.24, 2.45) is 0 Å². The summed E-state index contributed by atoms with van der Waals surface area (Å²) in [7, 11) is 1.51. The maximum atomic E-state index is 10.0. The smallest absolute Gasteiger partial charge is 0.122 e. The van der Waals surface area contributed by atoms with Crippen molar-refractivity contribution in [1.82, 2.24) is 0 Å². The quantitative estimate of drug-likeness (QED) is 0.570. The molecule has 0 radical (unpaired) electrons. The second-order valence-electron chi connectivity index (χ2n) is 2.38. The van der Waals surface area contributed by atoms with E-state index in [2.05, 4.69) is 0 Å². The molecule has 0 amide bonds. The van der Waals surface area contributed by atoms with Gasteiger partial charge in [0.1, 0.15) is 6.29 Å². The molecule has 3 heteroatoms. The molecule has 0 spiro atoms. The predicted octanol–water partition coefficient (Wildman–Crippen LogP) is 0.363. The molecule has 0 fully saturated rings. The predicted molar refractivity (Wildman–Crippen MR) is 37.8 cm³/mol. The molecule has 0 bridgehead atoms. The van der Waals surface area contributed by atoms with Crippen LogP contribution < -0.4 is 0 Å². The highest BCUT2D eigenvalue weighted by Gasteiger charge is 2.23. The largest absolute Gasteiger partial charge is 0.387 e. The highest BCUT2D eigenvalue weighted by Crippen LogP contribution is 2.12. The van der Waals surface area contributed by atoms with Gasteiger partial charge in [-0.2, -0.15) is 0 Å². The summed E-state index contributed by atoms with van der Waals surface area (Å²) in [6, 6.07) is 0. The zero-order valence-corrected chi connectivity index (χ0v) is 6.46. The van der Waals surface area contributed by atoms with E-state index < -0.39 is 5.60 Å². The zero-order valence-electron chi connectivity index (χ0n) is 6.46. The maximum absolute atomic E-state index is 10.0. The second kappa shape index (κ2) is 4.41. The molecule has 0 saturated carbocycles. The third kappa shape index (κ3) is 2.94. The minimum absolute atomic E-state index is 0.150. The van der Waals surface area contributed by atoms with Crippen molar-refractivity contribution in [2.75, 3.05) is 13.7 Å². The van der Waals surface area contributed by atoms with Crippen molar-refractivity contribution in [3.63, 3.8) is 0 Å². The van der Waals surface area contributed by atoms with Crippen LogP contribution in [0.15, 0.2) is 0 Å². The highest BCUT2D eigenvalue weighted by molar-refractivity contribution is 5.51. The van der Waals surface area contributed by atoms with Gasteiger partial charge in [0.15, 0.2) is 0 Å². The number of ether oxygens (including phenoxy) is 1. The van der Waals surface area contributed by atoms with Crippen LogP contribution in [0.4, 0.5) is 0 Å². The van der Waals surface area contributed by atoms with Crippen LogP contribution in [0.3, 0.4) is 0 Å². The van der Waals surface area contributed by atoms with Crippen molar-refractivity contribution in [2.45, 2.75) is 25.4 Å². The molecule has 0 aliphatic carbocycles. The lowest BCUT2D eigenvalue weighted by atomic mass is 9.99. The zero-order chi connectivity index (χ0) is 8.04. The van der Waals surface area contributed by atoms with Crippen molar-refractivity contribution in [1.29, 1.82) is 0 Å². The minimum Gasteiger partial charge on any atom is -0.387 e. The van der Waals surface area contributed by atoms with Gasteiger partial charge >= 0.3 is 0 Å². The average Bonchev–Trinajstić information content (AvgIpc) is 1.89. The molecule has 1 atom stereocenters. The van der Waals surface area contributed by atoms with Crippen molar-refractivity contribution < 1.29 is 14.6 Å². The number of hydrogen-bond acceptors (Lipinski definition) is 3. The van der Waals surface area contributed by atoms with Crippen LogP contribution in [-0.4, -0.2) is 30.7 Å². The Morgan fingerprint density at radius 3 is 2.60 bits per heavy atom. The normalized spacial score (nSPS) is 16.3. The first kappa shape index (κ1) is 9.59. The van der Waals surface area contributed by atoms with Gasteiger partial charge in [-0.1, -0.05) is 6.92 Å². The molecule has 60 valence electrons. The van der Waals surface area contributed by atoms with Gasteiger partial charge in [0.2, 0.25) is 0 Å². The average molecular weight is 146 g/mol. The van der Waals surface area contributed by atoms with E-state index in [1.165, 1.54) is 7.11 Å². The molecule has 0 aliphatic heterocycles. The van der Waals surface area contributed by atoms with E-state index in [1.54, 1.807) is 0 Å². The van der Waals surface area contributed by atoms with Crippen LogP contribution in [0, 0.1) is 0 Å². The summed E-state index contributed by atoms with van der Waals surface area (Å²) in [5.74, 6) is 0. The fraction of sp³-hybridized carbons (Fsp3) is 0.857. The lowest BCUT2D eigenvalue weighted by Crippen LogP contribution is -2.33. The maximum Gasteiger partial charge on any atom is 0.122 e. The number of methoxy groups -OCH3 is 1. The van der Waals surface area contributed by atoms with Crippen LogP contribution in [0.25, 0.3) is 0 Å². The summed E-state index contributed by atoms with van der Waals surface area (Å²) in [5, 5.41) is 9.46. The molecule has 0 aromatic rings. The van der Waals surface area contributed by atoms with Crippen molar-refractivity contribution >= 4 is 6.29 Å². The van der Waals surface area contributed by atoms with E-state index >= 15 is 0 Å². The van der Waals surface area contributed by atoms with Gasteiger partial charge in [-0.15, -0.1) is 0 Å². The fourth-order valence-electron chi connectivity index (χ4n) is 0.729. The van der Waals surface area contributed by atoms with Crippen LogP contribution in [-0.2, 0) is 9.53 Å². The molecule has 0 saturated heterocycles. The Kier molecular flexibility index (Phi) is 4.23. The number of aldehydes is 1. The summed E-state index contributed by atoms with van der Waals surface area (Å²) >= 11 is 0. The van der Waals surface area contributed by atoms with E-state index in [0.717, 1.165) is 0 Å². The van der Waals surface area contributed by atoms with Crippen LogP contribution in [0.1, 0.15) is 19.8 Å². The Morgan fingerprint density at radius 2 is 2.30 bits per heavy atom. The SMILES string of the molecule is CCC(O)(CC=O)COC.